The van der Waals surface area contributed by atoms with Crippen molar-refractivity contribution in [1.82, 2.24) is 0 Å². The van der Waals surface area contributed by atoms with Crippen molar-refractivity contribution < 1.29 is 64.2 Å². The molecule has 0 aliphatic rings. The second-order valence-electron chi connectivity index (χ2n) is 5.59. The molecule has 34 heavy (non-hydrogen) atoms. The van der Waals surface area contributed by atoms with Crippen molar-refractivity contribution in [3.05, 3.63) is 0 Å². The zero-order valence-corrected chi connectivity index (χ0v) is 20.0. The topological polar surface area (TPSA) is 377 Å². The first-order valence-electron chi connectivity index (χ1n) is 8.43. The molecule has 19 heteroatoms. The molecule has 0 aliphatic heterocycles. The number of carbonyl (C=O) groups is 7. The number of primary amides is 1. The minimum absolute atomic E-state index is 0. The molecule has 1 amide bonds. The van der Waals surface area contributed by atoms with Crippen LogP contribution < -0.4 is 38.9 Å². The van der Waals surface area contributed by atoms with Gasteiger partial charge in [-0.1, -0.05) is 0 Å². The Bertz CT molecular complexity index is 645. The van der Waals surface area contributed by atoms with Crippen LogP contribution in [0.2, 0.25) is 0 Å². The summed E-state index contributed by atoms with van der Waals surface area (Å²) >= 11 is 0. The van der Waals surface area contributed by atoms with E-state index in [1.54, 1.807) is 0 Å². The number of carboxylic acid groups (broad SMARTS) is 6. The van der Waals surface area contributed by atoms with Gasteiger partial charge in [0.15, 0.2) is 0 Å². The predicted molar refractivity (Wildman–Crippen MR) is 107 cm³/mol. The smallest absolute Gasteiger partial charge is 0.550 e. The van der Waals surface area contributed by atoms with Gasteiger partial charge in [-0.2, -0.15) is 0 Å². The largest absolute Gasteiger partial charge is 2.00 e. The summed E-state index contributed by atoms with van der Waals surface area (Å²) < 4.78 is 0. The maximum Gasteiger partial charge on any atom is 2.00 e. The molecule has 0 aliphatic carbocycles. The summed E-state index contributed by atoms with van der Waals surface area (Å²) in [4.78, 5) is 68.3. The van der Waals surface area contributed by atoms with Crippen molar-refractivity contribution in [2.75, 3.05) is 6.54 Å². The molecule has 0 heterocycles. The van der Waals surface area contributed by atoms with Crippen LogP contribution in [0.3, 0.4) is 0 Å². The van der Waals surface area contributed by atoms with Crippen LogP contribution in [0.25, 0.3) is 0 Å². The van der Waals surface area contributed by atoms with Gasteiger partial charge in [0.05, 0.1) is 6.54 Å². The normalized spacial score (nSPS) is 11.4. The summed E-state index contributed by atoms with van der Waals surface area (Å²) in [5.74, 6) is -8.18. The zero-order valence-electron chi connectivity index (χ0n) is 17.8. The SMILES string of the molecule is NC(=O)CC[C@H](N)C(=O)O.NCC(=O)O.N[C@@H](CC(=O)[O-])C(=O)O.N[C@@H](CC(=O)[O-])C(=O)O.[Ca+2]. The van der Waals surface area contributed by atoms with Gasteiger partial charge in [0.25, 0.3) is 0 Å². The Morgan fingerprint density at radius 1 is 0.676 bits per heavy atom. The van der Waals surface area contributed by atoms with Gasteiger partial charge >= 0.3 is 61.6 Å². The number of carboxylic acids is 6. The molecule has 18 nitrogen and oxygen atoms in total. The molecule has 3 atom stereocenters. The predicted octanol–water partition coefficient (Wildman–Crippen LogP) is -7.61. The third kappa shape index (κ3) is 39.8. The van der Waals surface area contributed by atoms with Gasteiger partial charge < -0.3 is 68.9 Å². The average Bonchev–Trinajstić information content (AvgIpc) is 2.66. The Morgan fingerprint density at radius 3 is 1.06 bits per heavy atom. The molecule has 0 aromatic carbocycles. The maximum absolute atomic E-state index is 10.1. The van der Waals surface area contributed by atoms with Crippen molar-refractivity contribution >= 4 is 79.5 Å². The Labute approximate surface area is 222 Å². The number of nitrogens with two attached hydrogens (primary N) is 5. The van der Waals surface area contributed by atoms with Crippen LogP contribution >= 0.6 is 0 Å². The summed E-state index contributed by atoms with van der Waals surface area (Å²) in [6.45, 7) is -0.278. The van der Waals surface area contributed by atoms with Crippen molar-refractivity contribution in [2.24, 2.45) is 28.7 Å². The van der Waals surface area contributed by atoms with Crippen molar-refractivity contribution in [3.63, 3.8) is 0 Å². The summed E-state index contributed by atoms with van der Waals surface area (Å²) in [6, 6.07) is -3.68. The summed E-state index contributed by atoms with van der Waals surface area (Å²) in [5, 5.41) is 51.2. The van der Waals surface area contributed by atoms with Gasteiger partial charge in [0, 0.05) is 31.2 Å². The zero-order chi connectivity index (χ0) is 27.3. The molecular weight excluding hydrogens is 498 g/mol. The fraction of sp³-hybridized carbons (Fsp3) is 0.533. The molecule has 0 bridgehead atoms. The fourth-order valence-electron chi connectivity index (χ4n) is 0.955. The summed E-state index contributed by atoms with van der Waals surface area (Å²) in [5.41, 5.74) is 24.0. The number of carbonyl (C=O) groups excluding carboxylic acids is 3. The number of aliphatic carboxylic acids is 6. The summed E-state index contributed by atoms with van der Waals surface area (Å²) in [7, 11) is 0. The molecule has 0 rings (SSSR count). The third-order valence-electron chi connectivity index (χ3n) is 2.60. The molecule has 0 radical (unpaired) electrons. The first-order valence-corrected chi connectivity index (χ1v) is 8.43. The molecular formula is C15H27CaN5O13. The standard InChI is InChI=1S/C5H10N2O3.2C4H7NO4.C2H5NO2.Ca/c6-3(5(9)10)1-2-4(7)8;2*5-2(4(8)9)1-3(6)7;3-1-2(4)5;/h3H,1-2,6H2,(H2,7,8)(H,9,10);2*2H,1,5H2,(H,6,7)(H,8,9);1,3H2,(H,4,5);/q;;;;+2/p-2/t3-;2*2-;;/m000../s1. The third-order valence-corrected chi connectivity index (χ3v) is 2.60. The molecule has 0 aromatic heterocycles. The number of hydrogen-bond acceptors (Lipinski definition) is 13. The van der Waals surface area contributed by atoms with Crippen LogP contribution in [-0.4, -0.2) is 125 Å². The number of hydrogen-bond donors (Lipinski definition) is 9. The van der Waals surface area contributed by atoms with Gasteiger partial charge in [-0.3, -0.25) is 24.0 Å². The average molecular weight is 525 g/mol. The van der Waals surface area contributed by atoms with E-state index in [4.69, 9.17) is 43.4 Å². The van der Waals surface area contributed by atoms with Crippen molar-refractivity contribution in [1.29, 1.82) is 0 Å². The molecule has 0 saturated carbocycles. The molecule has 14 N–H and O–H groups in total. The van der Waals surface area contributed by atoms with Gasteiger partial charge in [-0.25, -0.2) is 0 Å². The van der Waals surface area contributed by atoms with E-state index in [0.29, 0.717) is 0 Å². The van der Waals surface area contributed by atoms with Crippen LogP contribution in [0.5, 0.6) is 0 Å². The Hall–Kier alpha value is -2.61. The molecule has 192 valence electrons. The quantitative estimate of drug-likeness (QED) is 0.113. The van der Waals surface area contributed by atoms with Crippen molar-refractivity contribution in [3.8, 4) is 0 Å². The van der Waals surface area contributed by atoms with E-state index >= 15 is 0 Å². The monoisotopic (exact) mass is 525 g/mol. The first-order chi connectivity index (χ1) is 14.9. The van der Waals surface area contributed by atoms with Gasteiger partial charge in [-0.15, -0.1) is 0 Å². The van der Waals surface area contributed by atoms with Crippen LogP contribution in [0.4, 0.5) is 0 Å². The van der Waals surface area contributed by atoms with E-state index in [2.05, 4.69) is 5.73 Å². The Balaban J connectivity index is -0.000000111. The number of rotatable bonds is 11. The van der Waals surface area contributed by atoms with Crippen LogP contribution in [0.15, 0.2) is 0 Å². The molecule has 0 fully saturated rings. The molecule has 0 aromatic rings. The minimum atomic E-state index is -1.45. The fourth-order valence-corrected chi connectivity index (χ4v) is 0.955. The second kappa shape index (κ2) is 25.0. The van der Waals surface area contributed by atoms with Crippen LogP contribution in [-0.2, 0) is 33.6 Å². The van der Waals surface area contributed by atoms with E-state index in [1.807, 2.05) is 0 Å². The van der Waals surface area contributed by atoms with E-state index in [-0.39, 0.29) is 57.1 Å². The van der Waals surface area contributed by atoms with Crippen molar-refractivity contribution in [2.45, 2.75) is 43.8 Å². The van der Waals surface area contributed by atoms with E-state index in [1.165, 1.54) is 0 Å². The Morgan fingerprint density at radius 2 is 0.941 bits per heavy atom. The second-order valence-corrected chi connectivity index (χ2v) is 5.59. The van der Waals surface area contributed by atoms with E-state index in [9.17, 15) is 43.8 Å². The maximum atomic E-state index is 10.1. The van der Waals surface area contributed by atoms with E-state index < -0.39 is 72.7 Å². The number of amides is 1. The Kier molecular flexibility index (Phi) is 30.6. The van der Waals surface area contributed by atoms with Gasteiger partial charge in [-0.05, 0) is 6.42 Å². The van der Waals surface area contributed by atoms with E-state index in [0.717, 1.165) is 0 Å². The van der Waals surface area contributed by atoms with Crippen LogP contribution in [0, 0.1) is 0 Å². The van der Waals surface area contributed by atoms with Gasteiger partial charge in [0.1, 0.15) is 18.1 Å². The van der Waals surface area contributed by atoms with Gasteiger partial charge in [0.2, 0.25) is 5.91 Å². The molecule has 0 saturated heterocycles. The minimum Gasteiger partial charge on any atom is -0.550 e. The first kappa shape index (κ1) is 41.6. The molecule has 0 spiro atoms. The van der Waals surface area contributed by atoms with Crippen LogP contribution in [0.1, 0.15) is 25.7 Å². The molecule has 0 unspecified atom stereocenters. The summed E-state index contributed by atoms with van der Waals surface area (Å²) in [6.07, 6.45) is -1.16.